The Morgan fingerprint density at radius 3 is 2.17 bits per heavy atom. The standard InChI is InChI=1S/C17H18F3N3O4S2/c1-11-15(12(2)27-21-11)29(25,26)23-9-7-22(8-10-23)16(24)13-3-5-14(6-4-13)28-17(18,19)20/h3-6H,7-10H2,1-2H3. The van der Waals surface area contributed by atoms with Gasteiger partial charge in [0.2, 0.25) is 10.0 Å². The lowest BCUT2D eigenvalue weighted by molar-refractivity contribution is -0.0328. The Morgan fingerprint density at radius 1 is 1.10 bits per heavy atom. The van der Waals surface area contributed by atoms with Gasteiger partial charge in [0.25, 0.3) is 5.91 Å². The number of carbonyl (C=O) groups excluding carboxylic acids is 1. The van der Waals surface area contributed by atoms with Crippen LogP contribution in [0.5, 0.6) is 0 Å². The molecule has 2 aromatic rings. The van der Waals surface area contributed by atoms with Crippen molar-refractivity contribution < 1.29 is 30.9 Å². The smallest absolute Gasteiger partial charge is 0.360 e. The summed E-state index contributed by atoms with van der Waals surface area (Å²) in [5.74, 6) is -0.152. The van der Waals surface area contributed by atoms with E-state index in [0.29, 0.717) is 0 Å². The van der Waals surface area contributed by atoms with E-state index in [0.717, 1.165) is 0 Å². The first kappa shape index (κ1) is 21.7. The largest absolute Gasteiger partial charge is 0.446 e. The molecule has 1 aliphatic rings. The third-order valence-electron chi connectivity index (χ3n) is 4.43. The maximum Gasteiger partial charge on any atom is 0.446 e. The summed E-state index contributed by atoms with van der Waals surface area (Å²) in [6.45, 7) is 3.60. The summed E-state index contributed by atoms with van der Waals surface area (Å²) >= 11 is -0.250. The van der Waals surface area contributed by atoms with Crippen LogP contribution < -0.4 is 0 Å². The van der Waals surface area contributed by atoms with Crippen LogP contribution >= 0.6 is 11.8 Å². The van der Waals surface area contributed by atoms with Gasteiger partial charge in [-0.05, 0) is 49.9 Å². The number of amides is 1. The first-order valence-electron chi connectivity index (χ1n) is 8.57. The lowest BCUT2D eigenvalue weighted by Gasteiger charge is -2.34. The lowest BCUT2D eigenvalue weighted by atomic mass is 10.2. The normalized spacial score (nSPS) is 16.2. The van der Waals surface area contributed by atoms with Crippen molar-refractivity contribution >= 4 is 27.7 Å². The van der Waals surface area contributed by atoms with Crippen LogP contribution in [0.15, 0.2) is 38.6 Å². The summed E-state index contributed by atoms with van der Waals surface area (Å²) < 4.78 is 69.0. The van der Waals surface area contributed by atoms with Gasteiger partial charge in [-0.3, -0.25) is 4.79 Å². The first-order valence-corrected chi connectivity index (χ1v) is 10.8. The zero-order chi connectivity index (χ0) is 21.4. The molecule has 1 aliphatic heterocycles. The third kappa shape index (κ3) is 4.75. The highest BCUT2D eigenvalue weighted by atomic mass is 32.2. The van der Waals surface area contributed by atoms with E-state index in [9.17, 15) is 26.4 Å². The Hall–Kier alpha value is -2.05. The molecule has 0 unspecified atom stereocenters. The number of rotatable bonds is 4. The molecule has 7 nitrogen and oxygen atoms in total. The fraction of sp³-hybridized carbons (Fsp3) is 0.412. The fourth-order valence-electron chi connectivity index (χ4n) is 3.09. The number of piperazine rings is 1. The third-order valence-corrected chi connectivity index (χ3v) is 7.31. The van der Waals surface area contributed by atoms with E-state index in [-0.39, 0.29) is 70.7 Å². The predicted molar refractivity (Wildman–Crippen MR) is 99.0 cm³/mol. The quantitative estimate of drug-likeness (QED) is 0.668. The summed E-state index contributed by atoms with van der Waals surface area (Å²) in [6, 6.07) is 5.15. The van der Waals surface area contributed by atoms with Gasteiger partial charge in [-0.15, -0.1) is 0 Å². The molecule has 0 radical (unpaired) electrons. The van der Waals surface area contributed by atoms with Crippen LogP contribution in [0.3, 0.4) is 0 Å². The van der Waals surface area contributed by atoms with Crippen LogP contribution in [0.4, 0.5) is 13.2 Å². The van der Waals surface area contributed by atoms with Crippen molar-refractivity contribution in [1.29, 1.82) is 0 Å². The second-order valence-corrected chi connectivity index (χ2v) is 9.43. The van der Waals surface area contributed by atoms with Crippen LogP contribution in [0, 0.1) is 13.8 Å². The number of benzene rings is 1. The molecule has 1 saturated heterocycles. The highest BCUT2D eigenvalue weighted by molar-refractivity contribution is 8.00. The molecule has 0 N–H and O–H groups in total. The van der Waals surface area contributed by atoms with Crippen molar-refractivity contribution in [2.75, 3.05) is 26.2 Å². The van der Waals surface area contributed by atoms with E-state index < -0.39 is 15.5 Å². The van der Waals surface area contributed by atoms with Gasteiger partial charge in [0.1, 0.15) is 10.6 Å². The molecule has 1 fully saturated rings. The van der Waals surface area contributed by atoms with Gasteiger partial charge in [0, 0.05) is 36.6 Å². The Bertz CT molecular complexity index is 976. The Morgan fingerprint density at radius 2 is 1.69 bits per heavy atom. The molecule has 1 amide bonds. The van der Waals surface area contributed by atoms with Crippen LogP contribution in [-0.4, -0.2) is 60.4 Å². The summed E-state index contributed by atoms with van der Waals surface area (Å²) in [4.78, 5) is 14.1. The van der Waals surface area contributed by atoms with E-state index in [4.69, 9.17) is 4.52 Å². The molecular weight excluding hydrogens is 431 g/mol. The van der Waals surface area contributed by atoms with E-state index in [2.05, 4.69) is 5.16 Å². The van der Waals surface area contributed by atoms with Crippen LogP contribution in [-0.2, 0) is 10.0 Å². The first-order chi connectivity index (χ1) is 13.5. The minimum Gasteiger partial charge on any atom is -0.360 e. The summed E-state index contributed by atoms with van der Waals surface area (Å²) in [6.07, 6.45) is 0. The van der Waals surface area contributed by atoms with E-state index in [1.54, 1.807) is 6.92 Å². The Balaban J connectivity index is 1.65. The average molecular weight is 449 g/mol. The Labute approximate surface area is 169 Å². The van der Waals surface area contributed by atoms with Crippen molar-refractivity contribution in [2.45, 2.75) is 29.1 Å². The van der Waals surface area contributed by atoms with E-state index >= 15 is 0 Å². The number of carbonyl (C=O) groups is 1. The number of thioether (sulfide) groups is 1. The molecule has 29 heavy (non-hydrogen) atoms. The number of halogens is 3. The minimum absolute atomic E-state index is 0.00979. The van der Waals surface area contributed by atoms with Gasteiger partial charge in [-0.1, -0.05) is 5.16 Å². The number of aromatic nitrogens is 1. The molecule has 0 saturated carbocycles. The number of alkyl halides is 3. The second kappa shape index (κ2) is 8.00. The summed E-state index contributed by atoms with van der Waals surface area (Å²) in [5, 5.41) is 3.67. The van der Waals surface area contributed by atoms with Crippen LogP contribution in [0.2, 0.25) is 0 Å². The minimum atomic E-state index is -4.39. The van der Waals surface area contributed by atoms with Crippen molar-refractivity contribution in [3.63, 3.8) is 0 Å². The molecule has 1 aromatic heterocycles. The van der Waals surface area contributed by atoms with Crippen LogP contribution in [0.1, 0.15) is 21.8 Å². The molecular formula is C17H18F3N3O4S2. The maximum absolute atomic E-state index is 12.8. The molecule has 1 aromatic carbocycles. The van der Waals surface area contributed by atoms with Gasteiger partial charge >= 0.3 is 5.51 Å². The monoisotopic (exact) mass is 449 g/mol. The number of sulfonamides is 1. The molecule has 0 spiro atoms. The lowest BCUT2D eigenvalue weighted by Crippen LogP contribution is -2.50. The van der Waals surface area contributed by atoms with E-state index in [1.165, 1.54) is 40.4 Å². The summed E-state index contributed by atoms with van der Waals surface area (Å²) in [5.41, 5.74) is -3.87. The maximum atomic E-state index is 12.8. The zero-order valence-electron chi connectivity index (χ0n) is 15.6. The molecule has 0 atom stereocenters. The topological polar surface area (TPSA) is 83.7 Å². The number of hydrogen-bond donors (Lipinski definition) is 0. The van der Waals surface area contributed by atoms with Gasteiger partial charge in [0.05, 0.1) is 0 Å². The van der Waals surface area contributed by atoms with Gasteiger partial charge < -0.3 is 9.42 Å². The molecule has 3 rings (SSSR count). The molecule has 0 aliphatic carbocycles. The van der Waals surface area contributed by atoms with Crippen molar-refractivity contribution in [3.05, 3.63) is 41.3 Å². The second-order valence-electron chi connectivity index (χ2n) is 6.42. The number of aryl methyl sites for hydroxylation is 2. The van der Waals surface area contributed by atoms with Gasteiger partial charge in [0.15, 0.2) is 5.76 Å². The molecule has 12 heteroatoms. The molecule has 2 heterocycles. The Kier molecular flexibility index (Phi) is 5.97. The average Bonchev–Trinajstić information content (AvgIpc) is 2.99. The highest BCUT2D eigenvalue weighted by Crippen LogP contribution is 2.36. The summed E-state index contributed by atoms with van der Waals surface area (Å²) in [7, 11) is -3.79. The predicted octanol–water partition coefficient (Wildman–Crippen LogP) is 3.05. The van der Waals surface area contributed by atoms with Crippen molar-refractivity contribution in [1.82, 2.24) is 14.4 Å². The van der Waals surface area contributed by atoms with E-state index in [1.807, 2.05) is 0 Å². The molecule has 158 valence electrons. The zero-order valence-corrected chi connectivity index (χ0v) is 17.2. The van der Waals surface area contributed by atoms with Gasteiger partial charge in [-0.25, -0.2) is 8.42 Å². The van der Waals surface area contributed by atoms with Crippen molar-refractivity contribution in [3.8, 4) is 0 Å². The fourth-order valence-corrected chi connectivity index (χ4v) is 5.34. The number of hydrogen-bond acceptors (Lipinski definition) is 6. The molecule has 0 bridgehead atoms. The van der Waals surface area contributed by atoms with Gasteiger partial charge in [-0.2, -0.15) is 17.5 Å². The highest BCUT2D eigenvalue weighted by Gasteiger charge is 2.34. The SMILES string of the molecule is Cc1noc(C)c1S(=O)(=O)N1CCN(C(=O)c2ccc(SC(F)(F)F)cc2)CC1. The van der Waals surface area contributed by atoms with Crippen molar-refractivity contribution in [2.24, 2.45) is 0 Å². The van der Waals surface area contributed by atoms with Crippen LogP contribution in [0.25, 0.3) is 0 Å². The number of nitrogens with zero attached hydrogens (tertiary/aromatic N) is 3.